The van der Waals surface area contributed by atoms with Crippen LogP contribution in [0.2, 0.25) is 0 Å². The van der Waals surface area contributed by atoms with Gasteiger partial charge in [0.1, 0.15) is 6.04 Å². The molecule has 1 aromatic rings. The molecule has 0 fully saturated rings. The van der Waals surface area contributed by atoms with Crippen LogP contribution in [0.5, 0.6) is 0 Å². The fourth-order valence-electron chi connectivity index (χ4n) is 2.03. The molecule has 0 heterocycles. The summed E-state index contributed by atoms with van der Waals surface area (Å²) in [5, 5.41) is 11.3. The molecule has 1 aromatic carbocycles. The van der Waals surface area contributed by atoms with Gasteiger partial charge in [-0.25, -0.2) is 4.79 Å². The standard InChI is InChI=1S/C16H18F3NO5/c1-3-25-15(24)9(2)7-12(14(22)23)20-13(21)10-5-4-6-11(8-10)16(17,18)19/h4-6,8-9,12H,3,7H2,1-2H3,(H,20,21)(H,22,23)/t9-,12-/m0/s1. The van der Waals surface area contributed by atoms with Crippen LogP contribution in [-0.4, -0.2) is 35.6 Å². The van der Waals surface area contributed by atoms with Crippen molar-refractivity contribution in [2.45, 2.75) is 32.5 Å². The normalized spacial score (nSPS) is 13.6. The zero-order chi connectivity index (χ0) is 19.2. The van der Waals surface area contributed by atoms with Gasteiger partial charge in [-0.2, -0.15) is 13.2 Å². The Morgan fingerprint density at radius 3 is 2.44 bits per heavy atom. The van der Waals surface area contributed by atoms with E-state index >= 15 is 0 Å². The first-order chi connectivity index (χ1) is 11.6. The summed E-state index contributed by atoms with van der Waals surface area (Å²) in [4.78, 5) is 34.9. The molecule has 0 aliphatic rings. The highest BCUT2D eigenvalue weighted by Crippen LogP contribution is 2.29. The summed E-state index contributed by atoms with van der Waals surface area (Å²) in [6, 6.07) is 2.17. The first-order valence-corrected chi connectivity index (χ1v) is 7.43. The van der Waals surface area contributed by atoms with E-state index in [9.17, 15) is 27.6 Å². The lowest BCUT2D eigenvalue weighted by Gasteiger charge is -2.18. The maximum absolute atomic E-state index is 12.7. The van der Waals surface area contributed by atoms with Crippen molar-refractivity contribution >= 4 is 17.8 Å². The van der Waals surface area contributed by atoms with Gasteiger partial charge < -0.3 is 15.2 Å². The predicted octanol–water partition coefficient (Wildman–Crippen LogP) is 2.48. The lowest BCUT2D eigenvalue weighted by molar-refractivity contribution is -0.148. The zero-order valence-electron chi connectivity index (χ0n) is 13.6. The average Bonchev–Trinajstić information content (AvgIpc) is 2.53. The minimum absolute atomic E-state index is 0.123. The van der Waals surface area contributed by atoms with Crippen LogP contribution in [0.3, 0.4) is 0 Å². The zero-order valence-corrected chi connectivity index (χ0v) is 13.6. The van der Waals surface area contributed by atoms with Crippen LogP contribution < -0.4 is 5.32 Å². The van der Waals surface area contributed by atoms with Gasteiger partial charge >= 0.3 is 18.1 Å². The smallest absolute Gasteiger partial charge is 0.416 e. The van der Waals surface area contributed by atoms with Crippen LogP contribution in [0.4, 0.5) is 13.2 Å². The minimum Gasteiger partial charge on any atom is -0.480 e. The topological polar surface area (TPSA) is 92.7 Å². The van der Waals surface area contributed by atoms with Crippen molar-refractivity contribution in [3.63, 3.8) is 0 Å². The lowest BCUT2D eigenvalue weighted by atomic mass is 10.0. The van der Waals surface area contributed by atoms with Crippen molar-refractivity contribution in [2.24, 2.45) is 5.92 Å². The minimum atomic E-state index is -4.62. The number of aliphatic carboxylic acids is 1. The van der Waals surface area contributed by atoms with Crippen LogP contribution in [0.15, 0.2) is 24.3 Å². The summed E-state index contributed by atoms with van der Waals surface area (Å²) in [7, 11) is 0. The van der Waals surface area contributed by atoms with Gasteiger partial charge in [0.25, 0.3) is 5.91 Å². The Labute approximate surface area is 142 Å². The second-order valence-electron chi connectivity index (χ2n) is 5.33. The fraction of sp³-hybridized carbons (Fsp3) is 0.438. The van der Waals surface area contributed by atoms with E-state index in [0.717, 1.165) is 18.2 Å². The number of benzene rings is 1. The number of esters is 1. The van der Waals surface area contributed by atoms with Crippen LogP contribution in [0.1, 0.15) is 36.2 Å². The largest absolute Gasteiger partial charge is 0.480 e. The van der Waals surface area contributed by atoms with Gasteiger partial charge in [-0.3, -0.25) is 9.59 Å². The van der Waals surface area contributed by atoms with Crippen molar-refractivity contribution in [1.29, 1.82) is 0 Å². The molecule has 0 saturated heterocycles. The third-order valence-corrected chi connectivity index (χ3v) is 3.33. The highest BCUT2D eigenvalue weighted by molar-refractivity contribution is 5.96. The summed E-state index contributed by atoms with van der Waals surface area (Å²) in [6.07, 6.45) is -4.88. The molecule has 6 nitrogen and oxygen atoms in total. The van der Waals surface area contributed by atoms with E-state index in [4.69, 9.17) is 9.84 Å². The van der Waals surface area contributed by atoms with Gasteiger partial charge in [0.05, 0.1) is 18.1 Å². The summed E-state index contributed by atoms with van der Waals surface area (Å²) in [6.45, 7) is 3.15. The number of amides is 1. The van der Waals surface area contributed by atoms with Crippen LogP contribution >= 0.6 is 0 Å². The Morgan fingerprint density at radius 1 is 1.28 bits per heavy atom. The molecule has 0 aliphatic heterocycles. The maximum atomic E-state index is 12.7. The number of hydrogen-bond acceptors (Lipinski definition) is 4. The van der Waals surface area contributed by atoms with Crippen molar-refractivity contribution in [3.8, 4) is 0 Å². The van der Waals surface area contributed by atoms with Gasteiger partial charge in [-0.1, -0.05) is 13.0 Å². The highest BCUT2D eigenvalue weighted by Gasteiger charge is 2.31. The number of hydrogen-bond donors (Lipinski definition) is 2. The van der Waals surface area contributed by atoms with E-state index in [2.05, 4.69) is 5.32 Å². The number of alkyl halides is 3. The number of carboxylic acids is 1. The van der Waals surface area contributed by atoms with E-state index in [1.165, 1.54) is 6.92 Å². The van der Waals surface area contributed by atoms with Crippen LogP contribution in [-0.2, 0) is 20.5 Å². The van der Waals surface area contributed by atoms with E-state index in [1.807, 2.05) is 0 Å². The van der Waals surface area contributed by atoms with Gasteiger partial charge in [0.2, 0.25) is 0 Å². The number of carboxylic acid groups (broad SMARTS) is 1. The molecule has 1 amide bonds. The molecule has 2 N–H and O–H groups in total. The number of rotatable bonds is 7. The first kappa shape index (κ1) is 20.5. The summed E-state index contributed by atoms with van der Waals surface area (Å²) < 4.78 is 42.8. The van der Waals surface area contributed by atoms with Crippen molar-refractivity contribution in [1.82, 2.24) is 5.32 Å². The molecular formula is C16H18F3NO5. The molecule has 0 bridgehead atoms. The summed E-state index contributed by atoms with van der Waals surface area (Å²) in [5.41, 5.74) is -1.35. The Balaban J connectivity index is 2.87. The second kappa shape index (κ2) is 8.50. The van der Waals surface area contributed by atoms with Gasteiger partial charge in [-0.15, -0.1) is 0 Å². The van der Waals surface area contributed by atoms with E-state index in [0.29, 0.717) is 6.07 Å². The Morgan fingerprint density at radius 2 is 1.92 bits per heavy atom. The molecule has 0 unspecified atom stereocenters. The number of carbonyl (C=O) groups is 3. The van der Waals surface area contributed by atoms with Crippen molar-refractivity contribution < 1.29 is 37.4 Å². The van der Waals surface area contributed by atoms with Gasteiger partial charge in [0, 0.05) is 5.56 Å². The van der Waals surface area contributed by atoms with Crippen molar-refractivity contribution in [3.05, 3.63) is 35.4 Å². The van der Waals surface area contributed by atoms with Gasteiger partial charge in [-0.05, 0) is 31.5 Å². The van der Waals surface area contributed by atoms with Crippen LogP contribution in [0.25, 0.3) is 0 Å². The monoisotopic (exact) mass is 361 g/mol. The molecule has 0 aliphatic carbocycles. The summed E-state index contributed by atoms with van der Waals surface area (Å²) >= 11 is 0. The predicted molar refractivity (Wildman–Crippen MR) is 80.7 cm³/mol. The summed E-state index contributed by atoms with van der Waals surface area (Å²) in [5.74, 6) is -3.81. The van der Waals surface area contributed by atoms with E-state index in [-0.39, 0.29) is 18.6 Å². The molecular weight excluding hydrogens is 343 g/mol. The average molecular weight is 361 g/mol. The third kappa shape index (κ3) is 6.09. The maximum Gasteiger partial charge on any atom is 0.416 e. The second-order valence-corrected chi connectivity index (χ2v) is 5.33. The molecule has 0 spiro atoms. The molecule has 25 heavy (non-hydrogen) atoms. The molecule has 138 valence electrons. The Hall–Kier alpha value is -2.58. The third-order valence-electron chi connectivity index (χ3n) is 3.33. The van der Waals surface area contributed by atoms with E-state index in [1.54, 1.807) is 6.92 Å². The Kier molecular flexibility index (Phi) is 6.96. The highest BCUT2D eigenvalue weighted by atomic mass is 19.4. The molecule has 0 saturated carbocycles. The molecule has 9 heteroatoms. The van der Waals surface area contributed by atoms with Gasteiger partial charge in [0.15, 0.2) is 0 Å². The Bertz CT molecular complexity index is 645. The lowest BCUT2D eigenvalue weighted by Crippen LogP contribution is -2.42. The SMILES string of the molecule is CCOC(=O)[C@@H](C)C[C@H](NC(=O)c1cccc(C(F)(F)F)c1)C(=O)O. The van der Waals surface area contributed by atoms with Crippen molar-refractivity contribution in [2.75, 3.05) is 6.61 Å². The molecule has 0 aromatic heterocycles. The first-order valence-electron chi connectivity index (χ1n) is 7.43. The quantitative estimate of drug-likeness (QED) is 0.728. The van der Waals surface area contributed by atoms with Crippen LogP contribution in [0, 0.1) is 5.92 Å². The number of nitrogens with one attached hydrogen (secondary N) is 1. The number of carbonyl (C=O) groups excluding carboxylic acids is 2. The molecule has 0 radical (unpaired) electrons. The molecule has 1 rings (SSSR count). The molecule has 2 atom stereocenters. The fourth-order valence-corrected chi connectivity index (χ4v) is 2.03. The number of halogens is 3. The van der Waals surface area contributed by atoms with E-state index < -0.39 is 41.5 Å². The number of ether oxygens (including phenoxy) is 1.